The number of thiazole rings is 1. The first kappa shape index (κ1) is 19.1. The molecule has 148 valence electrons. The summed E-state index contributed by atoms with van der Waals surface area (Å²) >= 11 is 1.44. The Morgan fingerprint density at radius 3 is 2.69 bits per heavy atom. The van der Waals surface area contributed by atoms with E-state index in [9.17, 15) is 9.59 Å². The standard InChI is InChI=1S/C22H19NO5S/c1-22(2,3)28-19(24)12-26-14-9-8-13-10-15(21(25)27-17(13)11-14)20-23-16-6-4-5-7-18(16)29-20/h4-11H,12H2,1-3H3. The molecule has 0 aliphatic carbocycles. The highest BCUT2D eigenvalue weighted by atomic mass is 32.1. The minimum atomic E-state index is -0.576. The number of aromatic nitrogens is 1. The van der Waals surface area contributed by atoms with Gasteiger partial charge in [0.15, 0.2) is 6.61 Å². The minimum Gasteiger partial charge on any atom is -0.482 e. The van der Waals surface area contributed by atoms with Crippen molar-refractivity contribution in [2.75, 3.05) is 6.61 Å². The lowest BCUT2D eigenvalue weighted by Crippen LogP contribution is -2.27. The van der Waals surface area contributed by atoms with Crippen molar-refractivity contribution in [3.8, 4) is 16.3 Å². The molecule has 0 aliphatic heterocycles. The van der Waals surface area contributed by atoms with E-state index in [1.54, 1.807) is 45.0 Å². The van der Waals surface area contributed by atoms with Gasteiger partial charge in [0, 0.05) is 11.5 Å². The van der Waals surface area contributed by atoms with E-state index >= 15 is 0 Å². The van der Waals surface area contributed by atoms with E-state index in [4.69, 9.17) is 13.9 Å². The van der Waals surface area contributed by atoms with Crippen LogP contribution in [0.25, 0.3) is 31.8 Å². The number of fused-ring (bicyclic) bond motifs is 2. The Kier molecular flexibility index (Phi) is 4.84. The van der Waals surface area contributed by atoms with Crippen LogP contribution in [0.1, 0.15) is 20.8 Å². The first-order valence-corrected chi connectivity index (χ1v) is 9.89. The van der Waals surface area contributed by atoms with E-state index in [2.05, 4.69) is 4.98 Å². The quantitative estimate of drug-likeness (QED) is 0.356. The molecule has 0 N–H and O–H groups in total. The van der Waals surface area contributed by atoms with Crippen LogP contribution in [0.15, 0.2) is 57.7 Å². The van der Waals surface area contributed by atoms with Gasteiger partial charge in [-0.25, -0.2) is 14.6 Å². The number of nitrogens with zero attached hydrogens (tertiary/aromatic N) is 1. The zero-order valence-electron chi connectivity index (χ0n) is 16.2. The average Bonchev–Trinajstić information content (AvgIpc) is 3.08. The summed E-state index contributed by atoms with van der Waals surface area (Å²) in [6, 6.07) is 14.6. The molecule has 0 fully saturated rings. The van der Waals surface area contributed by atoms with Gasteiger partial charge in [-0.3, -0.25) is 0 Å². The summed E-state index contributed by atoms with van der Waals surface area (Å²) in [6.45, 7) is 5.15. The van der Waals surface area contributed by atoms with Gasteiger partial charge in [0.05, 0.1) is 15.8 Å². The zero-order valence-corrected chi connectivity index (χ0v) is 17.0. The second-order valence-corrected chi connectivity index (χ2v) is 8.54. The first-order valence-electron chi connectivity index (χ1n) is 9.07. The van der Waals surface area contributed by atoms with E-state index in [1.807, 2.05) is 24.3 Å². The van der Waals surface area contributed by atoms with Crippen LogP contribution in [0.3, 0.4) is 0 Å². The molecule has 2 heterocycles. The van der Waals surface area contributed by atoms with Gasteiger partial charge < -0.3 is 13.9 Å². The molecule has 6 nitrogen and oxygen atoms in total. The number of ether oxygens (including phenoxy) is 2. The third-order valence-corrected chi connectivity index (χ3v) is 5.08. The molecule has 0 saturated carbocycles. The van der Waals surface area contributed by atoms with Crippen LogP contribution in [0.2, 0.25) is 0 Å². The van der Waals surface area contributed by atoms with Gasteiger partial charge >= 0.3 is 11.6 Å². The summed E-state index contributed by atoms with van der Waals surface area (Å²) in [6.07, 6.45) is 0. The zero-order chi connectivity index (χ0) is 20.6. The van der Waals surface area contributed by atoms with Crippen LogP contribution in [-0.4, -0.2) is 23.2 Å². The van der Waals surface area contributed by atoms with E-state index in [0.29, 0.717) is 21.9 Å². The normalized spacial score (nSPS) is 11.7. The fraction of sp³-hybridized carbons (Fsp3) is 0.227. The van der Waals surface area contributed by atoms with Gasteiger partial charge in [-0.1, -0.05) is 12.1 Å². The fourth-order valence-corrected chi connectivity index (χ4v) is 3.80. The molecule has 0 amide bonds. The third-order valence-electron chi connectivity index (χ3n) is 4.01. The Labute approximate surface area is 170 Å². The van der Waals surface area contributed by atoms with Gasteiger partial charge in [-0.15, -0.1) is 11.3 Å². The number of hydrogen-bond donors (Lipinski definition) is 0. The Hall–Kier alpha value is -3.19. The van der Waals surface area contributed by atoms with Crippen LogP contribution < -0.4 is 10.4 Å². The number of esters is 1. The molecule has 0 unspecified atom stereocenters. The largest absolute Gasteiger partial charge is 0.482 e. The highest BCUT2D eigenvalue weighted by Crippen LogP contribution is 2.30. The molecule has 2 aromatic heterocycles. The maximum atomic E-state index is 12.5. The summed E-state index contributed by atoms with van der Waals surface area (Å²) in [5.41, 5.74) is 0.592. The summed E-state index contributed by atoms with van der Waals surface area (Å²) < 4.78 is 17.2. The lowest BCUT2D eigenvalue weighted by atomic mass is 10.2. The maximum absolute atomic E-state index is 12.5. The van der Waals surface area contributed by atoms with Crippen molar-refractivity contribution < 1.29 is 18.7 Å². The van der Waals surface area contributed by atoms with Crippen LogP contribution in [0.4, 0.5) is 0 Å². The van der Waals surface area contributed by atoms with Crippen molar-refractivity contribution in [2.24, 2.45) is 0 Å². The van der Waals surface area contributed by atoms with Gasteiger partial charge in [0.2, 0.25) is 0 Å². The Morgan fingerprint density at radius 1 is 1.14 bits per heavy atom. The monoisotopic (exact) mass is 409 g/mol. The molecule has 7 heteroatoms. The summed E-state index contributed by atoms with van der Waals surface area (Å²) in [5.74, 6) is -0.0514. The molecular weight excluding hydrogens is 390 g/mol. The van der Waals surface area contributed by atoms with Gasteiger partial charge in [0.25, 0.3) is 0 Å². The van der Waals surface area contributed by atoms with E-state index < -0.39 is 17.2 Å². The second kappa shape index (κ2) is 7.33. The topological polar surface area (TPSA) is 78.6 Å². The van der Waals surface area contributed by atoms with Crippen LogP contribution in [0.5, 0.6) is 5.75 Å². The first-order chi connectivity index (χ1) is 13.8. The second-order valence-electron chi connectivity index (χ2n) is 7.51. The van der Waals surface area contributed by atoms with Crippen molar-refractivity contribution in [1.82, 2.24) is 4.98 Å². The van der Waals surface area contributed by atoms with Crippen molar-refractivity contribution in [2.45, 2.75) is 26.4 Å². The summed E-state index contributed by atoms with van der Waals surface area (Å²) in [7, 11) is 0. The fourth-order valence-electron chi connectivity index (χ4n) is 2.83. The third kappa shape index (κ3) is 4.30. The van der Waals surface area contributed by atoms with E-state index in [1.165, 1.54) is 11.3 Å². The number of hydrogen-bond acceptors (Lipinski definition) is 7. The van der Waals surface area contributed by atoms with Gasteiger partial charge in [-0.05, 0) is 51.1 Å². The highest BCUT2D eigenvalue weighted by Gasteiger charge is 2.17. The van der Waals surface area contributed by atoms with Crippen LogP contribution >= 0.6 is 11.3 Å². The lowest BCUT2D eigenvalue weighted by Gasteiger charge is -2.19. The Morgan fingerprint density at radius 2 is 1.93 bits per heavy atom. The maximum Gasteiger partial charge on any atom is 0.346 e. The molecule has 4 aromatic rings. The number of benzene rings is 2. The molecule has 0 aliphatic rings. The summed E-state index contributed by atoms with van der Waals surface area (Å²) in [5, 5.41) is 1.36. The van der Waals surface area contributed by atoms with Gasteiger partial charge in [0.1, 0.15) is 21.9 Å². The van der Waals surface area contributed by atoms with E-state index in [0.717, 1.165) is 15.6 Å². The molecule has 0 saturated heterocycles. The Balaban J connectivity index is 1.60. The smallest absolute Gasteiger partial charge is 0.346 e. The number of para-hydroxylation sites is 1. The SMILES string of the molecule is CC(C)(C)OC(=O)COc1ccc2cc(-c3nc4ccccc4s3)c(=O)oc2c1. The lowest BCUT2D eigenvalue weighted by molar-refractivity contribution is -0.157. The average molecular weight is 409 g/mol. The van der Waals surface area contributed by atoms with E-state index in [-0.39, 0.29) is 6.61 Å². The molecule has 0 spiro atoms. The molecular formula is C22H19NO5S. The predicted molar refractivity (Wildman–Crippen MR) is 112 cm³/mol. The van der Waals surface area contributed by atoms with Crippen LogP contribution in [-0.2, 0) is 9.53 Å². The highest BCUT2D eigenvalue weighted by molar-refractivity contribution is 7.21. The minimum absolute atomic E-state index is 0.225. The molecule has 0 bridgehead atoms. The van der Waals surface area contributed by atoms with Crippen molar-refractivity contribution in [1.29, 1.82) is 0 Å². The van der Waals surface area contributed by atoms with Gasteiger partial charge in [-0.2, -0.15) is 0 Å². The molecule has 0 radical (unpaired) electrons. The molecule has 0 atom stereocenters. The van der Waals surface area contributed by atoms with Crippen LogP contribution in [0, 0.1) is 0 Å². The number of rotatable bonds is 4. The molecule has 4 rings (SSSR count). The van der Waals surface area contributed by atoms with Crippen molar-refractivity contribution in [3.05, 3.63) is 59.0 Å². The van der Waals surface area contributed by atoms with Crippen molar-refractivity contribution in [3.63, 3.8) is 0 Å². The molecule has 2 aromatic carbocycles. The summed E-state index contributed by atoms with van der Waals surface area (Å²) in [4.78, 5) is 28.9. The predicted octanol–water partition coefficient (Wildman–Crippen LogP) is 4.79. The number of carbonyl (C=O) groups excluding carboxylic acids is 1. The Bertz CT molecular complexity index is 1230. The molecule has 29 heavy (non-hydrogen) atoms. The number of carbonyl (C=O) groups is 1. The van der Waals surface area contributed by atoms with Crippen molar-refractivity contribution >= 4 is 38.5 Å².